The zero-order valence-corrected chi connectivity index (χ0v) is 15.4. The van der Waals surface area contributed by atoms with Gasteiger partial charge in [-0.1, -0.05) is 13.0 Å². The minimum absolute atomic E-state index is 0.149. The molecule has 0 unspecified atom stereocenters. The molecule has 5 nitrogen and oxygen atoms in total. The lowest BCUT2D eigenvalue weighted by Gasteiger charge is -2.19. The number of methoxy groups -OCH3 is 1. The minimum atomic E-state index is -0.555. The lowest BCUT2D eigenvalue weighted by atomic mass is 10.2. The number of ether oxygens (including phenoxy) is 2. The third-order valence-corrected chi connectivity index (χ3v) is 4.59. The van der Waals surface area contributed by atoms with E-state index in [4.69, 9.17) is 9.47 Å². The van der Waals surface area contributed by atoms with E-state index in [2.05, 4.69) is 22.3 Å². The Morgan fingerprint density at radius 1 is 1.12 bits per heavy atom. The standard InChI is InChI=1S/C21H26N2O3/c1-3-20(26-19-8-6-7-18(15-19)25-2)21(24)22-16-9-11-17(12-10-16)23-13-4-5-14-23/h6-12,15,20H,3-5,13-14H2,1-2H3,(H,22,24)/t20-/m0/s1. The van der Waals surface area contributed by atoms with Crippen molar-refractivity contribution in [3.05, 3.63) is 48.5 Å². The molecule has 0 bridgehead atoms. The number of amides is 1. The van der Waals surface area contributed by atoms with Crippen LogP contribution in [0.15, 0.2) is 48.5 Å². The number of hydrogen-bond acceptors (Lipinski definition) is 4. The summed E-state index contributed by atoms with van der Waals surface area (Å²) in [6, 6.07) is 15.3. The lowest BCUT2D eigenvalue weighted by Crippen LogP contribution is -2.32. The predicted molar refractivity (Wildman–Crippen MR) is 104 cm³/mol. The SMILES string of the molecule is CC[C@H](Oc1cccc(OC)c1)C(=O)Nc1ccc(N2CCCC2)cc1. The molecule has 26 heavy (non-hydrogen) atoms. The molecule has 138 valence electrons. The number of hydrogen-bond donors (Lipinski definition) is 1. The maximum atomic E-state index is 12.6. The van der Waals surface area contributed by atoms with E-state index in [1.54, 1.807) is 13.2 Å². The molecule has 1 fully saturated rings. The number of carbonyl (C=O) groups excluding carboxylic acids is 1. The van der Waals surface area contributed by atoms with Gasteiger partial charge in [-0.05, 0) is 55.7 Å². The van der Waals surface area contributed by atoms with Gasteiger partial charge in [0, 0.05) is 30.5 Å². The van der Waals surface area contributed by atoms with E-state index in [-0.39, 0.29) is 5.91 Å². The molecule has 5 heteroatoms. The Bertz CT molecular complexity index is 724. The number of benzene rings is 2. The van der Waals surface area contributed by atoms with E-state index in [1.807, 2.05) is 37.3 Å². The highest BCUT2D eigenvalue weighted by Crippen LogP contribution is 2.23. The molecule has 1 N–H and O–H groups in total. The molecule has 0 spiro atoms. The molecule has 1 amide bonds. The topological polar surface area (TPSA) is 50.8 Å². The van der Waals surface area contributed by atoms with Gasteiger partial charge in [0.2, 0.25) is 0 Å². The molecule has 1 atom stereocenters. The van der Waals surface area contributed by atoms with Crippen LogP contribution in [0.25, 0.3) is 0 Å². The molecule has 2 aromatic carbocycles. The van der Waals surface area contributed by atoms with Gasteiger partial charge in [-0.15, -0.1) is 0 Å². The highest BCUT2D eigenvalue weighted by atomic mass is 16.5. The van der Waals surface area contributed by atoms with Gasteiger partial charge < -0.3 is 19.7 Å². The second-order valence-electron chi connectivity index (χ2n) is 6.42. The van der Waals surface area contributed by atoms with E-state index in [9.17, 15) is 4.79 Å². The van der Waals surface area contributed by atoms with Crippen LogP contribution in [0.5, 0.6) is 11.5 Å². The molecule has 3 rings (SSSR count). The van der Waals surface area contributed by atoms with Crippen molar-refractivity contribution in [2.24, 2.45) is 0 Å². The van der Waals surface area contributed by atoms with E-state index < -0.39 is 6.10 Å². The van der Waals surface area contributed by atoms with Gasteiger partial charge in [-0.2, -0.15) is 0 Å². The van der Waals surface area contributed by atoms with E-state index in [0.29, 0.717) is 17.9 Å². The second kappa shape index (κ2) is 8.61. The molecule has 0 aliphatic carbocycles. The van der Waals surface area contributed by atoms with Crippen molar-refractivity contribution < 1.29 is 14.3 Å². The first-order valence-electron chi connectivity index (χ1n) is 9.16. The van der Waals surface area contributed by atoms with Gasteiger partial charge >= 0.3 is 0 Å². The van der Waals surface area contributed by atoms with Gasteiger partial charge in [0.15, 0.2) is 6.10 Å². The Morgan fingerprint density at radius 2 is 1.81 bits per heavy atom. The second-order valence-corrected chi connectivity index (χ2v) is 6.42. The van der Waals surface area contributed by atoms with E-state index in [0.717, 1.165) is 18.8 Å². The van der Waals surface area contributed by atoms with E-state index >= 15 is 0 Å². The zero-order chi connectivity index (χ0) is 18.4. The van der Waals surface area contributed by atoms with Crippen LogP contribution in [-0.4, -0.2) is 32.2 Å². The van der Waals surface area contributed by atoms with Crippen LogP contribution < -0.4 is 19.7 Å². The summed E-state index contributed by atoms with van der Waals surface area (Å²) in [5.41, 5.74) is 1.99. The largest absolute Gasteiger partial charge is 0.497 e. The van der Waals surface area contributed by atoms with Crippen molar-refractivity contribution in [3.63, 3.8) is 0 Å². The molecule has 1 aliphatic heterocycles. The summed E-state index contributed by atoms with van der Waals surface area (Å²) in [6.45, 7) is 4.15. The number of rotatable bonds is 7. The van der Waals surface area contributed by atoms with Gasteiger partial charge in [-0.3, -0.25) is 4.79 Å². The average molecular weight is 354 g/mol. The van der Waals surface area contributed by atoms with Gasteiger partial charge in [0.05, 0.1) is 7.11 Å². The van der Waals surface area contributed by atoms with Gasteiger partial charge in [-0.25, -0.2) is 0 Å². The van der Waals surface area contributed by atoms with Crippen LogP contribution in [0.1, 0.15) is 26.2 Å². The van der Waals surface area contributed by atoms with Crippen molar-refractivity contribution >= 4 is 17.3 Å². The van der Waals surface area contributed by atoms with Crippen molar-refractivity contribution in [2.45, 2.75) is 32.3 Å². The fraction of sp³-hybridized carbons (Fsp3) is 0.381. The summed E-state index contributed by atoms with van der Waals surface area (Å²) in [6.07, 6.45) is 2.52. The molecular weight excluding hydrogens is 328 g/mol. The highest BCUT2D eigenvalue weighted by molar-refractivity contribution is 5.94. The van der Waals surface area contributed by atoms with Crippen molar-refractivity contribution in [1.29, 1.82) is 0 Å². The Hall–Kier alpha value is -2.69. The van der Waals surface area contributed by atoms with Crippen molar-refractivity contribution in [3.8, 4) is 11.5 Å². The first-order valence-corrected chi connectivity index (χ1v) is 9.16. The molecule has 1 saturated heterocycles. The summed E-state index contributed by atoms with van der Waals surface area (Å²) >= 11 is 0. The molecule has 0 aromatic heterocycles. The average Bonchev–Trinajstić information content (AvgIpc) is 3.21. The summed E-state index contributed by atoms with van der Waals surface area (Å²) in [7, 11) is 1.61. The Morgan fingerprint density at radius 3 is 2.46 bits per heavy atom. The summed E-state index contributed by atoms with van der Waals surface area (Å²) in [5.74, 6) is 1.18. The predicted octanol–water partition coefficient (Wildman–Crippen LogP) is 4.09. The van der Waals surface area contributed by atoms with Crippen LogP contribution in [0.2, 0.25) is 0 Å². The Balaban J connectivity index is 1.61. The van der Waals surface area contributed by atoms with Gasteiger partial charge in [0.1, 0.15) is 11.5 Å². The maximum Gasteiger partial charge on any atom is 0.265 e. The quantitative estimate of drug-likeness (QED) is 0.814. The molecule has 0 saturated carbocycles. The van der Waals surface area contributed by atoms with Crippen molar-refractivity contribution in [2.75, 3.05) is 30.4 Å². The molecule has 2 aromatic rings. The van der Waals surface area contributed by atoms with Crippen LogP contribution in [-0.2, 0) is 4.79 Å². The van der Waals surface area contributed by atoms with Crippen LogP contribution in [0.4, 0.5) is 11.4 Å². The minimum Gasteiger partial charge on any atom is -0.497 e. The molecule has 0 radical (unpaired) electrons. The van der Waals surface area contributed by atoms with Crippen molar-refractivity contribution in [1.82, 2.24) is 0 Å². The zero-order valence-electron chi connectivity index (χ0n) is 15.4. The molecular formula is C21H26N2O3. The van der Waals surface area contributed by atoms with Gasteiger partial charge in [0.25, 0.3) is 5.91 Å². The van der Waals surface area contributed by atoms with Crippen LogP contribution in [0.3, 0.4) is 0 Å². The summed E-state index contributed by atoms with van der Waals surface area (Å²) < 4.78 is 11.0. The number of nitrogens with one attached hydrogen (secondary N) is 1. The number of anilines is 2. The third kappa shape index (κ3) is 4.48. The smallest absolute Gasteiger partial charge is 0.265 e. The first-order chi connectivity index (χ1) is 12.7. The molecule has 1 aliphatic rings. The van der Waals surface area contributed by atoms with E-state index in [1.165, 1.54) is 18.5 Å². The maximum absolute atomic E-state index is 12.6. The Labute approximate surface area is 154 Å². The fourth-order valence-corrected chi connectivity index (χ4v) is 3.11. The molecule has 1 heterocycles. The normalized spacial score (nSPS) is 14.8. The summed E-state index contributed by atoms with van der Waals surface area (Å²) in [4.78, 5) is 14.9. The Kier molecular flexibility index (Phi) is 6.00. The first kappa shape index (κ1) is 18.1. The van der Waals surface area contributed by atoms with Crippen LogP contribution in [0, 0.1) is 0 Å². The highest BCUT2D eigenvalue weighted by Gasteiger charge is 2.19. The third-order valence-electron chi connectivity index (χ3n) is 4.59. The van der Waals surface area contributed by atoms with Crippen LogP contribution >= 0.6 is 0 Å². The lowest BCUT2D eigenvalue weighted by molar-refractivity contribution is -0.122. The number of carbonyl (C=O) groups is 1. The summed E-state index contributed by atoms with van der Waals surface area (Å²) in [5, 5.41) is 2.95. The monoisotopic (exact) mass is 354 g/mol. The number of nitrogens with zero attached hydrogens (tertiary/aromatic N) is 1. The fourth-order valence-electron chi connectivity index (χ4n) is 3.11.